The van der Waals surface area contributed by atoms with Gasteiger partial charge in [0.15, 0.2) is 0 Å². The van der Waals surface area contributed by atoms with Crippen molar-refractivity contribution in [2.45, 2.75) is 34.1 Å². The fourth-order valence-corrected chi connectivity index (χ4v) is 2.41. The molecule has 2 rings (SSSR count). The second-order valence-corrected chi connectivity index (χ2v) is 7.39. The first-order valence-electron chi connectivity index (χ1n) is 8.71. The molecule has 0 saturated carbocycles. The van der Waals surface area contributed by atoms with Crippen molar-refractivity contribution in [2.24, 2.45) is 5.41 Å². The third-order valence-corrected chi connectivity index (χ3v) is 3.84. The van der Waals surface area contributed by atoms with Gasteiger partial charge in [-0.25, -0.2) is 9.78 Å². The lowest BCUT2D eigenvalue weighted by atomic mass is 9.99. The lowest BCUT2D eigenvalue weighted by molar-refractivity contribution is -0.115. The van der Waals surface area contributed by atoms with E-state index in [1.54, 1.807) is 17.2 Å². The summed E-state index contributed by atoms with van der Waals surface area (Å²) in [5, 5.41) is 2.84. The molecule has 0 atom stereocenters. The number of carbonyl (C=O) groups excluding carboxylic acids is 2. The molecule has 25 heavy (non-hydrogen) atoms. The van der Waals surface area contributed by atoms with E-state index in [2.05, 4.69) is 15.2 Å². The highest BCUT2D eigenvalue weighted by Crippen LogP contribution is 2.19. The molecule has 0 unspecified atom stereocenters. The molecule has 0 aliphatic carbocycles. The fourth-order valence-electron chi connectivity index (χ4n) is 2.41. The summed E-state index contributed by atoms with van der Waals surface area (Å²) in [6.07, 6.45) is 1.86. The third kappa shape index (κ3) is 5.92. The van der Waals surface area contributed by atoms with Crippen LogP contribution in [-0.4, -0.2) is 54.7 Å². The second kappa shape index (κ2) is 8.18. The maximum absolute atomic E-state index is 12.1. The average molecular weight is 348 g/mol. The van der Waals surface area contributed by atoms with Crippen LogP contribution in [0.3, 0.4) is 0 Å². The largest absolute Gasteiger partial charge is 0.449 e. The number of nitrogens with zero attached hydrogens (tertiary/aromatic N) is 3. The normalized spacial score (nSPS) is 15.0. The molecule has 1 aliphatic rings. The Hall–Kier alpha value is -2.31. The molecule has 1 saturated heterocycles. The molecule has 1 aliphatic heterocycles. The minimum Gasteiger partial charge on any atom is -0.449 e. The van der Waals surface area contributed by atoms with E-state index in [-0.39, 0.29) is 17.4 Å². The predicted molar refractivity (Wildman–Crippen MR) is 97.7 cm³/mol. The molecule has 1 fully saturated rings. The summed E-state index contributed by atoms with van der Waals surface area (Å²) in [6.45, 7) is 10.9. The quantitative estimate of drug-likeness (QED) is 0.905. The molecule has 0 radical (unpaired) electrons. The molecular weight excluding hydrogens is 320 g/mol. The lowest BCUT2D eigenvalue weighted by Crippen LogP contribution is -2.49. The number of pyridine rings is 1. The Bertz CT molecular complexity index is 605. The van der Waals surface area contributed by atoms with Gasteiger partial charge in [-0.15, -0.1) is 0 Å². The van der Waals surface area contributed by atoms with Crippen LogP contribution < -0.4 is 10.2 Å². The molecule has 138 valence electrons. The number of ether oxygens (including phenoxy) is 1. The van der Waals surface area contributed by atoms with Crippen LogP contribution in [0, 0.1) is 5.41 Å². The van der Waals surface area contributed by atoms with Gasteiger partial charge in [0.05, 0.1) is 6.61 Å². The minimum atomic E-state index is -0.258. The number of rotatable bonds is 4. The summed E-state index contributed by atoms with van der Waals surface area (Å²) in [6, 6.07) is 3.64. The standard InChI is InChI=1S/C18H28N4O3/c1-5-16(23)20-14-6-7-19-15(12-14)21-8-10-22(11-9-21)17(24)25-13-18(2,3)4/h6-7,12H,5,8-11,13H2,1-4H3,(H,19,20,23). The SMILES string of the molecule is CCC(=O)Nc1ccnc(N2CCN(C(=O)OCC(C)(C)C)CC2)c1. The van der Waals surface area contributed by atoms with E-state index in [4.69, 9.17) is 4.74 Å². The Balaban J connectivity index is 1.88. The first-order chi connectivity index (χ1) is 11.8. The molecule has 2 amide bonds. The number of hydrogen-bond donors (Lipinski definition) is 1. The smallest absolute Gasteiger partial charge is 0.409 e. The maximum atomic E-state index is 12.1. The number of aromatic nitrogens is 1. The molecule has 2 heterocycles. The maximum Gasteiger partial charge on any atom is 0.409 e. The van der Waals surface area contributed by atoms with E-state index in [1.165, 1.54) is 0 Å². The zero-order chi connectivity index (χ0) is 18.4. The minimum absolute atomic E-state index is 0.0245. The van der Waals surface area contributed by atoms with Crippen LogP contribution in [0.1, 0.15) is 34.1 Å². The van der Waals surface area contributed by atoms with Crippen LogP contribution in [0.4, 0.5) is 16.3 Å². The van der Waals surface area contributed by atoms with Crippen LogP contribution in [0.2, 0.25) is 0 Å². The third-order valence-electron chi connectivity index (χ3n) is 3.84. The van der Waals surface area contributed by atoms with Crippen LogP contribution in [0.15, 0.2) is 18.3 Å². The van der Waals surface area contributed by atoms with Gasteiger partial charge in [-0.3, -0.25) is 4.79 Å². The number of amides is 2. The highest BCUT2D eigenvalue weighted by Gasteiger charge is 2.24. The Morgan fingerprint density at radius 1 is 1.24 bits per heavy atom. The number of nitrogens with one attached hydrogen (secondary N) is 1. The van der Waals surface area contributed by atoms with Gasteiger partial charge >= 0.3 is 6.09 Å². The molecule has 1 N–H and O–H groups in total. The lowest BCUT2D eigenvalue weighted by Gasteiger charge is -2.35. The van der Waals surface area contributed by atoms with E-state index >= 15 is 0 Å². The number of carbonyl (C=O) groups is 2. The van der Waals surface area contributed by atoms with E-state index in [0.717, 1.165) is 11.5 Å². The second-order valence-electron chi connectivity index (χ2n) is 7.39. The number of piperazine rings is 1. The van der Waals surface area contributed by atoms with Gasteiger partial charge in [0.25, 0.3) is 0 Å². The summed E-state index contributed by atoms with van der Waals surface area (Å²) >= 11 is 0. The molecule has 0 aromatic carbocycles. The van der Waals surface area contributed by atoms with Crippen LogP contribution in [-0.2, 0) is 9.53 Å². The van der Waals surface area contributed by atoms with Gasteiger partial charge in [-0.2, -0.15) is 0 Å². The highest BCUT2D eigenvalue weighted by molar-refractivity contribution is 5.90. The van der Waals surface area contributed by atoms with Crippen molar-refractivity contribution in [3.8, 4) is 0 Å². The van der Waals surface area contributed by atoms with Gasteiger partial charge in [0.1, 0.15) is 5.82 Å². The Labute approximate surface area is 149 Å². The fraction of sp³-hybridized carbons (Fsp3) is 0.611. The molecule has 1 aromatic rings. The van der Waals surface area contributed by atoms with Crippen LogP contribution >= 0.6 is 0 Å². The van der Waals surface area contributed by atoms with E-state index in [9.17, 15) is 9.59 Å². The van der Waals surface area contributed by atoms with Crippen molar-refractivity contribution in [2.75, 3.05) is 43.0 Å². The monoisotopic (exact) mass is 348 g/mol. The van der Waals surface area contributed by atoms with E-state index in [1.807, 2.05) is 33.8 Å². The molecular formula is C18H28N4O3. The Morgan fingerprint density at radius 2 is 1.92 bits per heavy atom. The van der Waals surface area contributed by atoms with Gasteiger partial charge in [0.2, 0.25) is 5.91 Å². The molecule has 7 heteroatoms. The summed E-state index contributed by atoms with van der Waals surface area (Å²) in [4.78, 5) is 31.8. The molecule has 0 bridgehead atoms. The van der Waals surface area contributed by atoms with Crippen molar-refractivity contribution in [1.29, 1.82) is 0 Å². The van der Waals surface area contributed by atoms with Crippen molar-refractivity contribution in [3.05, 3.63) is 18.3 Å². The van der Waals surface area contributed by atoms with Gasteiger partial charge in [0, 0.05) is 50.6 Å². The van der Waals surface area contributed by atoms with E-state index in [0.29, 0.717) is 39.2 Å². The van der Waals surface area contributed by atoms with Crippen molar-refractivity contribution in [1.82, 2.24) is 9.88 Å². The van der Waals surface area contributed by atoms with Crippen molar-refractivity contribution >= 4 is 23.5 Å². The number of anilines is 2. The first-order valence-corrected chi connectivity index (χ1v) is 8.71. The summed E-state index contributed by atoms with van der Waals surface area (Å²) in [7, 11) is 0. The van der Waals surface area contributed by atoms with Gasteiger partial charge < -0.3 is 19.9 Å². The van der Waals surface area contributed by atoms with E-state index < -0.39 is 0 Å². The Morgan fingerprint density at radius 3 is 2.52 bits per heavy atom. The first kappa shape index (κ1) is 19.0. The number of hydrogen-bond acceptors (Lipinski definition) is 5. The van der Waals surface area contributed by atoms with Gasteiger partial charge in [-0.1, -0.05) is 27.7 Å². The highest BCUT2D eigenvalue weighted by atomic mass is 16.6. The average Bonchev–Trinajstić information content (AvgIpc) is 2.59. The Kier molecular flexibility index (Phi) is 6.22. The predicted octanol–water partition coefficient (Wildman–Crippen LogP) is 2.73. The molecule has 7 nitrogen and oxygen atoms in total. The molecule has 1 aromatic heterocycles. The summed E-state index contributed by atoms with van der Waals surface area (Å²) in [5.41, 5.74) is 0.703. The topological polar surface area (TPSA) is 74.8 Å². The zero-order valence-electron chi connectivity index (χ0n) is 15.5. The van der Waals surface area contributed by atoms with Crippen LogP contribution in [0.5, 0.6) is 0 Å². The summed E-state index contributed by atoms with van der Waals surface area (Å²) < 4.78 is 5.37. The zero-order valence-corrected chi connectivity index (χ0v) is 15.5. The van der Waals surface area contributed by atoms with Crippen molar-refractivity contribution in [3.63, 3.8) is 0 Å². The summed E-state index contributed by atoms with van der Waals surface area (Å²) in [5.74, 6) is 0.778. The van der Waals surface area contributed by atoms with Crippen molar-refractivity contribution < 1.29 is 14.3 Å². The van der Waals surface area contributed by atoms with Crippen LogP contribution in [0.25, 0.3) is 0 Å². The molecule has 0 spiro atoms. The van der Waals surface area contributed by atoms with Gasteiger partial charge in [-0.05, 0) is 11.5 Å².